The van der Waals surface area contributed by atoms with Crippen molar-refractivity contribution in [2.24, 2.45) is 16.5 Å². The van der Waals surface area contributed by atoms with Gasteiger partial charge in [-0.2, -0.15) is 0 Å². The Morgan fingerprint density at radius 2 is 1.84 bits per heavy atom. The average Bonchev–Trinajstić information content (AvgIpc) is 3.00. The van der Waals surface area contributed by atoms with E-state index in [1.54, 1.807) is 0 Å². The van der Waals surface area contributed by atoms with Gasteiger partial charge in [-0.3, -0.25) is 15.3 Å². The molecular formula is C16H28Cl3N5O. The van der Waals surface area contributed by atoms with Crippen molar-refractivity contribution in [3.05, 3.63) is 29.8 Å². The van der Waals surface area contributed by atoms with Gasteiger partial charge in [0.1, 0.15) is 5.75 Å². The van der Waals surface area contributed by atoms with Crippen LogP contribution < -0.4 is 16.2 Å². The highest BCUT2D eigenvalue weighted by Crippen LogP contribution is 2.17. The van der Waals surface area contributed by atoms with Gasteiger partial charge in [0.2, 0.25) is 0 Å². The smallest absolute Gasteiger partial charge is 0.161 e. The quantitative estimate of drug-likeness (QED) is 0.364. The van der Waals surface area contributed by atoms with Gasteiger partial charge in [-0.1, -0.05) is 12.1 Å². The number of likely N-dealkylation sites (tertiary alicyclic amines) is 1. The number of hydrogen-bond donors (Lipinski definition) is 3. The first-order valence-corrected chi connectivity index (χ1v) is 7.73. The van der Waals surface area contributed by atoms with E-state index in [2.05, 4.69) is 22.0 Å². The van der Waals surface area contributed by atoms with E-state index in [0.29, 0.717) is 13.2 Å². The Bertz CT molecular complexity index is 536. The van der Waals surface area contributed by atoms with E-state index in [0.717, 1.165) is 18.7 Å². The van der Waals surface area contributed by atoms with Crippen LogP contribution in [0.15, 0.2) is 29.3 Å². The lowest BCUT2D eigenvalue weighted by Crippen LogP contribution is -2.30. The van der Waals surface area contributed by atoms with Crippen molar-refractivity contribution < 1.29 is 4.74 Å². The fourth-order valence-electron chi connectivity index (χ4n) is 2.47. The SMILES string of the molecule is Cl.Cl.Cl.N=C(N)C(N)=NCCCOc1cccc(CN2CCCC2)c1. The molecule has 0 radical (unpaired) electrons. The first kappa shape index (κ1) is 26.0. The molecule has 1 heterocycles. The van der Waals surface area contributed by atoms with Crippen LogP contribution in [0.25, 0.3) is 0 Å². The number of nitrogens with two attached hydrogens (primary N) is 2. The summed E-state index contributed by atoms with van der Waals surface area (Å²) in [4.78, 5) is 6.47. The van der Waals surface area contributed by atoms with Gasteiger partial charge < -0.3 is 16.2 Å². The minimum absolute atomic E-state index is 0. The van der Waals surface area contributed by atoms with Crippen LogP contribution in [0.4, 0.5) is 0 Å². The van der Waals surface area contributed by atoms with Crippen molar-refractivity contribution in [1.82, 2.24) is 4.90 Å². The second-order valence-corrected chi connectivity index (χ2v) is 5.51. The molecule has 0 spiro atoms. The summed E-state index contributed by atoms with van der Waals surface area (Å²) in [5.41, 5.74) is 12.0. The van der Waals surface area contributed by atoms with Crippen LogP contribution in [0, 0.1) is 5.41 Å². The number of aliphatic imine (C=N–C) groups is 1. The lowest BCUT2D eigenvalue weighted by molar-refractivity contribution is 0.309. The topological polar surface area (TPSA) is 101 Å². The van der Waals surface area contributed by atoms with Crippen LogP contribution >= 0.6 is 37.2 Å². The van der Waals surface area contributed by atoms with Crippen molar-refractivity contribution in [2.45, 2.75) is 25.8 Å². The fraction of sp³-hybridized carbons (Fsp3) is 0.500. The molecule has 0 bridgehead atoms. The Morgan fingerprint density at radius 1 is 1.16 bits per heavy atom. The summed E-state index contributed by atoms with van der Waals surface area (Å²) < 4.78 is 5.74. The molecule has 1 saturated heterocycles. The molecule has 0 unspecified atom stereocenters. The standard InChI is InChI=1S/C16H25N5O.3ClH/c17-15(18)16(19)20-7-4-10-22-14-6-3-5-13(11-14)12-21-8-1-2-9-21;;;/h3,5-6,11H,1-2,4,7-10,12H2,(H3,17,18)(H2,19,20);3*1H. The van der Waals surface area contributed by atoms with Crippen molar-refractivity contribution in [3.8, 4) is 5.75 Å². The molecule has 0 aliphatic carbocycles. The minimum Gasteiger partial charge on any atom is -0.494 e. The molecule has 1 aliphatic rings. The maximum atomic E-state index is 7.12. The summed E-state index contributed by atoms with van der Waals surface area (Å²) in [5.74, 6) is 0.795. The molecule has 0 saturated carbocycles. The van der Waals surface area contributed by atoms with Crippen LogP contribution in [0.1, 0.15) is 24.8 Å². The van der Waals surface area contributed by atoms with E-state index in [1.807, 2.05) is 12.1 Å². The lowest BCUT2D eigenvalue weighted by atomic mass is 10.2. The van der Waals surface area contributed by atoms with E-state index in [4.69, 9.17) is 21.6 Å². The molecule has 6 nitrogen and oxygen atoms in total. The molecule has 1 fully saturated rings. The molecule has 1 aromatic rings. The second kappa shape index (κ2) is 14.0. The number of amidine groups is 2. The number of nitrogens with zero attached hydrogens (tertiary/aromatic N) is 2. The number of halogens is 3. The highest BCUT2D eigenvalue weighted by Gasteiger charge is 2.11. The van der Waals surface area contributed by atoms with Gasteiger partial charge in [0.25, 0.3) is 0 Å². The Hall–Kier alpha value is -1.21. The third kappa shape index (κ3) is 9.75. The Kier molecular flexibility index (Phi) is 14.6. The number of rotatable bonds is 7. The van der Waals surface area contributed by atoms with Crippen molar-refractivity contribution in [1.29, 1.82) is 5.41 Å². The molecular weight excluding hydrogens is 385 g/mol. The van der Waals surface area contributed by atoms with E-state index in [9.17, 15) is 0 Å². The van der Waals surface area contributed by atoms with Crippen molar-refractivity contribution in [3.63, 3.8) is 0 Å². The third-order valence-electron chi connectivity index (χ3n) is 3.63. The van der Waals surface area contributed by atoms with Gasteiger partial charge in [0.05, 0.1) is 6.61 Å². The van der Waals surface area contributed by atoms with E-state index >= 15 is 0 Å². The zero-order valence-electron chi connectivity index (χ0n) is 14.1. The van der Waals surface area contributed by atoms with E-state index < -0.39 is 0 Å². The van der Waals surface area contributed by atoms with Crippen LogP contribution in [-0.2, 0) is 6.54 Å². The summed E-state index contributed by atoms with van der Waals surface area (Å²) in [6.45, 7) is 4.47. The number of hydrogen-bond acceptors (Lipinski definition) is 4. The molecule has 9 heteroatoms. The van der Waals surface area contributed by atoms with Gasteiger partial charge >= 0.3 is 0 Å². The fourth-order valence-corrected chi connectivity index (χ4v) is 2.47. The second-order valence-electron chi connectivity index (χ2n) is 5.51. The van der Waals surface area contributed by atoms with Crippen molar-refractivity contribution >= 4 is 48.9 Å². The number of benzene rings is 1. The van der Waals surface area contributed by atoms with Gasteiger partial charge in [-0.15, -0.1) is 37.2 Å². The first-order valence-electron chi connectivity index (χ1n) is 7.73. The average molecular weight is 413 g/mol. The molecule has 5 N–H and O–H groups in total. The van der Waals surface area contributed by atoms with Gasteiger partial charge in [0.15, 0.2) is 11.7 Å². The first-order chi connectivity index (χ1) is 10.6. The summed E-state index contributed by atoms with van der Waals surface area (Å²) in [6, 6.07) is 8.25. The number of nitrogens with one attached hydrogen (secondary N) is 1. The van der Waals surface area contributed by atoms with Crippen LogP contribution in [0.2, 0.25) is 0 Å². The van der Waals surface area contributed by atoms with Crippen molar-refractivity contribution in [2.75, 3.05) is 26.2 Å². The summed E-state index contributed by atoms with van der Waals surface area (Å²) >= 11 is 0. The Morgan fingerprint density at radius 3 is 2.48 bits per heavy atom. The molecule has 25 heavy (non-hydrogen) atoms. The Balaban J connectivity index is 0. The zero-order chi connectivity index (χ0) is 15.8. The van der Waals surface area contributed by atoms with E-state index in [-0.39, 0.29) is 48.9 Å². The monoisotopic (exact) mass is 411 g/mol. The van der Waals surface area contributed by atoms with Crippen LogP contribution in [0.5, 0.6) is 5.75 Å². The molecule has 1 aromatic carbocycles. The molecule has 2 rings (SSSR count). The predicted octanol–water partition coefficient (Wildman–Crippen LogP) is 2.61. The summed E-state index contributed by atoms with van der Waals surface area (Å²) in [5, 5.41) is 7.12. The predicted molar refractivity (Wildman–Crippen MR) is 111 cm³/mol. The van der Waals surface area contributed by atoms with Crippen LogP contribution in [0.3, 0.4) is 0 Å². The minimum atomic E-state index is -0.185. The van der Waals surface area contributed by atoms with Gasteiger partial charge in [0, 0.05) is 19.5 Å². The van der Waals surface area contributed by atoms with Crippen LogP contribution in [-0.4, -0.2) is 42.8 Å². The highest BCUT2D eigenvalue weighted by atomic mass is 35.5. The highest BCUT2D eigenvalue weighted by molar-refractivity contribution is 6.37. The molecule has 1 aliphatic heterocycles. The maximum absolute atomic E-state index is 7.12. The summed E-state index contributed by atoms with van der Waals surface area (Å²) in [7, 11) is 0. The van der Waals surface area contributed by atoms with Gasteiger partial charge in [-0.05, 0) is 43.6 Å². The molecule has 0 aromatic heterocycles. The number of ether oxygens (including phenoxy) is 1. The lowest BCUT2D eigenvalue weighted by Gasteiger charge is -2.15. The van der Waals surface area contributed by atoms with Gasteiger partial charge in [-0.25, -0.2) is 0 Å². The third-order valence-corrected chi connectivity index (χ3v) is 3.63. The largest absolute Gasteiger partial charge is 0.494 e. The molecule has 0 atom stereocenters. The molecule has 144 valence electrons. The van der Waals surface area contributed by atoms with E-state index in [1.165, 1.54) is 31.5 Å². The maximum Gasteiger partial charge on any atom is 0.161 e. The Labute approximate surface area is 168 Å². The molecule has 0 amide bonds. The normalized spacial score (nSPS) is 14.0. The zero-order valence-corrected chi connectivity index (χ0v) is 16.6. The summed E-state index contributed by atoms with van der Waals surface area (Å²) in [6.07, 6.45) is 3.35.